The van der Waals surface area contributed by atoms with E-state index in [4.69, 9.17) is 5.11 Å². The highest BCUT2D eigenvalue weighted by Gasteiger charge is 2.60. The van der Waals surface area contributed by atoms with E-state index in [1.165, 1.54) is 44.1 Å². The molecule has 0 aromatic heterocycles. The Hall–Kier alpha value is -1.25. The van der Waals surface area contributed by atoms with Gasteiger partial charge >= 0.3 is 0 Å². The Bertz CT molecular complexity index is 918. The molecule has 1 N–H and O–H groups in total. The van der Waals surface area contributed by atoms with Crippen molar-refractivity contribution >= 4 is 12.6 Å². The molecule has 0 radical (unpaired) electrons. The van der Waals surface area contributed by atoms with Crippen LogP contribution < -0.4 is 0 Å². The summed E-state index contributed by atoms with van der Waals surface area (Å²) < 4.78 is 0. The minimum atomic E-state index is 0.293. The normalized spacial score (nSPS) is 27.4. The smallest absolute Gasteiger partial charge is 0.0319 e. The Morgan fingerprint density at radius 1 is 0.914 bits per heavy atom. The van der Waals surface area contributed by atoms with Crippen LogP contribution in [0.25, 0.3) is 0 Å². The van der Waals surface area contributed by atoms with Crippen molar-refractivity contribution < 1.29 is 5.11 Å². The molecule has 2 aliphatic rings. The minimum absolute atomic E-state index is 0.293. The highest BCUT2D eigenvalue weighted by Crippen LogP contribution is 2.67. The Kier molecular flexibility index (Phi) is 10.6. The first-order chi connectivity index (χ1) is 16.6. The van der Waals surface area contributed by atoms with Crippen molar-refractivity contribution in [3.63, 3.8) is 0 Å². The molecule has 2 heteroatoms. The average Bonchev–Trinajstić information content (AvgIpc) is 2.88. The molecular formula is C33H52OS. The second kappa shape index (κ2) is 12.3. The van der Waals surface area contributed by atoms with E-state index in [2.05, 4.69) is 110 Å². The lowest BCUT2D eigenvalue weighted by Gasteiger charge is -2.64. The van der Waals surface area contributed by atoms with Gasteiger partial charge in [0.1, 0.15) is 0 Å². The third-order valence-electron chi connectivity index (χ3n) is 9.94. The standard InChI is InChI=1S/C31H44.CH4O.CH4S/c1-8-12-26(23-13-10-9-11-14-23)31(7)20-19-30(6)27-21-25(22(2)3)16-15-24(27)17-18-28(30)29(31,4)5;2*1-2/h9-11,13-16,21-22,26,28H,8,12,17-20H2,1-7H3;2*2H,1H3. The zero-order chi connectivity index (χ0) is 26.4. The maximum Gasteiger partial charge on any atom is 0.0319 e. The monoisotopic (exact) mass is 496 g/mol. The zero-order valence-electron chi connectivity index (χ0n) is 24.0. The largest absolute Gasteiger partial charge is 0.400 e. The molecule has 1 saturated carbocycles. The van der Waals surface area contributed by atoms with Crippen LogP contribution in [0.2, 0.25) is 0 Å². The predicted octanol–water partition coefficient (Wildman–Crippen LogP) is 9.19. The third-order valence-corrected chi connectivity index (χ3v) is 9.94. The van der Waals surface area contributed by atoms with Crippen molar-refractivity contribution in [1.82, 2.24) is 0 Å². The number of thiol groups is 1. The van der Waals surface area contributed by atoms with Crippen LogP contribution in [-0.2, 0) is 11.8 Å². The van der Waals surface area contributed by atoms with Crippen molar-refractivity contribution in [2.75, 3.05) is 13.4 Å². The Labute approximate surface area is 222 Å². The first-order valence-corrected chi connectivity index (χ1v) is 14.6. The lowest BCUT2D eigenvalue weighted by molar-refractivity contribution is -0.0932. The summed E-state index contributed by atoms with van der Waals surface area (Å²) in [5, 5.41) is 7.00. The van der Waals surface area contributed by atoms with Crippen LogP contribution in [-0.4, -0.2) is 18.5 Å². The molecule has 4 atom stereocenters. The zero-order valence-corrected chi connectivity index (χ0v) is 24.9. The van der Waals surface area contributed by atoms with Crippen molar-refractivity contribution in [3.8, 4) is 0 Å². The molecule has 0 spiro atoms. The van der Waals surface area contributed by atoms with Crippen LogP contribution in [0, 0.1) is 16.7 Å². The summed E-state index contributed by atoms with van der Waals surface area (Å²) in [6.07, 6.45) is 9.46. The second-order valence-electron chi connectivity index (χ2n) is 12.0. The topological polar surface area (TPSA) is 20.2 Å². The minimum Gasteiger partial charge on any atom is -0.400 e. The van der Waals surface area contributed by atoms with Gasteiger partial charge in [-0.05, 0) is 94.6 Å². The number of aliphatic hydroxyl groups excluding tert-OH is 1. The SMILES string of the molecule is CCCC(c1ccccc1)C1(C)CCC2(C)c3cc(C(C)C)ccc3CCC2C1(C)C.CO.CS. The molecule has 2 aromatic rings. The molecule has 1 nitrogen and oxygen atoms in total. The average molecular weight is 497 g/mol. The molecule has 196 valence electrons. The van der Waals surface area contributed by atoms with Crippen LogP contribution in [0.4, 0.5) is 0 Å². The van der Waals surface area contributed by atoms with Gasteiger partial charge in [-0.2, -0.15) is 12.6 Å². The summed E-state index contributed by atoms with van der Waals surface area (Å²) in [5.41, 5.74) is 7.28. The number of hydrogen-bond donors (Lipinski definition) is 2. The molecule has 4 unspecified atom stereocenters. The highest BCUT2D eigenvalue weighted by atomic mass is 32.1. The summed E-state index contributed by atoms with van der Waals surface area (Å²) in [7, 11) is 1.00. The van der Waals surface area contributed by atoms with Crippen LogP contribution in [0.3, 0.4) is 0 Å². The third kappa shape index (κ3) is 5.40. The fourth-order valence-electron chi connectivity index (χ4n) is 7.67. The van der Waals surface area contributed by atoms with E-state index in [1.807, 2.05) is 0 Å². The van der Waals surface area contributed by atoms with E-state index in [1.54, 1.807) is 22.9 Å². The maximum atomic E-state index is 7.00. The van der Waals surface area contributed by atoms with E-state index in [9.17, 15) is 0 Å². The first kappa shape index (κ1) is 30.0. The van der Waals surface area contributed by atoms with Crippen LogP contribution in [0.1, 0.15) is 115 Å². The van der Waals surface area contributed by atoms with Gasteiger partial charge < -0.3 is 5.11 Å². The van der Waals surface area contributed by atoms with E-state index in [-0.39, 0.29) is 0 Å². The lowest BCUT2D eigenvalue weighted by atomic mass is 9.40. The van der Waals surface area contributed by atoms with E-state index in [0.29, 0.717) is 28.1 Å². The second-order valence-corrected chi connectivity index (χ2v) is 12.0. The maximum absolute atomic E-state index is 7.00. The lowest BCUT2D eigenvalue weighted by Crippen LogP contribution is -2.57. The number of aliphatic hydroxyl groups is 1. The number of fused-ring (bicyclic) bond motifs is 3. The Morgan fingerprint density at radius 3 is 2.11 bits per heavy atom. The summed E-state index contributed by atoms with van der Waals surface area (Å²) in [6.45, 7) is 17.5. The van der Waals surface area contributed by atoms with E-state index in [0.717, 1.165) is 13.0 Å². The van der Waals surface area contributed by atoms with E-state index < -0.39 is 0 Å². The molecule has 35 heavy (non-hydrogen) atoms. The van der Waals surface area contributed by atoms with E-state index >= 15 is 0 Å². The fourth-order valence-corrected chi connectivity index (χ4v) is 7.67. The van der Waals surface area contributed by atoms with Crippen LogP contribution in [0.15, 0.2) is 48.5 Å². The summed E-state index contributed by atoms with van der Waals surface area (Å²) in [6, 6.07) is 18.9. The fraction of sp³-hybridized carbons (Fsp3) is 0.636. The van der Waals surface area contributed by atoms with Gasteiger partial charge in [0, 0.05) is 7.11 Å². The highest BCUT2D eigenvalue weighted by molar-refractivity contribution is 7.79. The molecule has 2 aromatic carbocycles. The number of hydrogen-bond acceptors (Lipinski definition) is 2. The van der Waals surface area contributed by atoms with Crippen LogP contribution in [0.5, 0.6) is 0 Å². The molecule has 2 aliphatic carbocycles. The van der Waals surface area contributed by atoms with Crippen molar-refractivity contribution in [3.05, 3.63) is 70.8 Å². The van der Waals surface area contributed by atoms with Crippen molar-refractivity contribution in [1.29, 1.82) is 0 Å². The summed E-state index contributed by atoms with van der Waals surface area (Å²) >= 11 is 3.53. The van der Waals surface area contributed by atoms with Gasteiger partial charge in [0.05, 0.1) is 0 Å². The van der Waals surface area contributed by atoms with Crippen molar-refractivity contribution in [2.45, 2.75) is 104 Å². The van der Waals surface area contributed by atoms with Gasteiger partial charge in [0.15, 0.2) is 0 Å². The van der Waals surface area contributed by atoms with Gasteiger partial charge in [0.2, 0.25) is 0 Å². The van der Waals surface area contributed by atoms with Crippen LogP contribution >= 0.6 is 12.6 Å². The quantitative estimate of drug-likeness (QED) is 0.395. The Morgan fingerprint density at radius 2 is 1.54 bits per heavy atom. The van der Waals surface area contributed by atoms with Gasteiger partial charge in [-0.1, -0.05) is 103 Å². The molecule has 4 rings (SSSR count). The molecule has 1 fully saturated rings. The van der Waals surface area contributed by atoms with Gasteiger partial charge in [-0.25, -0.2) is 0 Å². The molecular weight excluding hydrogens is 444 g/mol. The summed E-state index contributed by atoms with van der Waals surface area (Å²) in [4.78, 5) is 0. The molecule has 0 bridgehead atoms. The van der Waals surface area contributed by atoms with Gasteiger partial charge in [-0.15, -0.1) is 0 Å². The number of aryl methyl sites for hydroxylation is 1. The molecule has 0 saturated heterocycles. The number of benzene rings is 2. The predicted molar refractivity (Wildman–Crippen MR) is 158 cm³/mol. The number of rotatable bonds is 5. The first-order valence-electron chi connectivity index (χ1n) is 13.7. The van der Waals surface area contributed by atoms with Gasteiger partial charge in [-0.3, -0.25) is 0 Å². The summed E-state index contributed by atoms with van der Waals surface area (Å²) in [5.74, 6) is 1.97. The Balaban J connectivity index is 0.00000103. The molecule has 0 aliphatic heterocycles. The van der Waals surface area contributed by atoms with Crippen molar-refractivity contribution in [2.24, 2.45) is 16.7 Å². The molecule has 0 amide bonds. The molecule has 0 heterocycles. The van der Waals surface area contributed by atoms with Gasteiger partial charge in [0.25, 0.3) is 0 Å².